The molecule has 100 valence electrons. The first-order valence-corrected chi connectivity index (χ1v) is 6.81. The summed E-state index contributed by atoms with van der Waals surface area (Å²) < 4.78 is 1.99. The molecule has 1 fully saturated rings. The summed E-state index contributed by atoms with van der Waals surface area (Å²) in [5.41, 5.74) is 6.69. The van der Waals surface area contributed by atoms with Crippen molar-refractivity contribution in [3.05, 3.63) is 24.0 Å². The minimum absolute atomic E-state index is 0.127. The molecule has 0 bridgehead atoms. The summed E-state index contributed by atoms with van der Waals surface area (Å²) in [4.78, 5) is 14.3. The summed E-state index contributed by atoms with van der Waals surface area (Å²) >= 11 is 0. The van der Waals surface area contributed by atoms with Gasteiger partial charge < -0.3 is 15.2 Å². The van der Waals surface area contributed by atoms with Crippen LogP contribution in [-0.2, 0) is 6.54 Å². The fourth-order valence-electron chi connectivity index (χ4n) is 2.72. The molecule has 1 heterocycles. The van der Waals surface area contributed by atoms with Crippen LogP contribution in [0.25, 0.3) is 0 Å². The van der Waals surface area contributed by atoms with Gasteiger partial charge in [-0.3, -0.25) is 4.79 Å². The lowest BCUT2D eigenvalue weighted by Gasteiger charge is -2.33. The van der Waals surface area contributed by atoms with E-state index in [-0.39, 0.29) is 5.91 Å². The first-order valence-electron chi connectivity index (χ1n) is 6.81. The molecule has 2 rings (SSSR count). The zero-order valence-corrected chi connectivity index (χ0v) is 11.3. The highest BCUT2D eigenvalue weighted by atomic mass is 16.2. The molecule has 4 heteroatoms. The number of hydrogen-bond donors (Lipinski definition) is 1. The first-order chi connectivity index (χ1) is 8.63. The fourth-order valence-corrected chi connectivity index (χ4v) is 2.72. The molecule has 0 aromatic carbocycles. The van der Waals surface area contributed by atoms with Gasteiger partial charge in [-0.25, -0.2) is 0 Å². The Morgan fingerprint density at radius 2 is 2.11 bits per heavy atom. The van der Waals surface area contributed by atoms with Gasteiger partial charge in [-0.05, 0) is 44.7 Å². The zero-order chi connectivity index (χ0) is 13.1. The van der Waals surface area contributed by atoms with E-state index in [0.29, 0.717) is 12.1 Å². The molecule has 0 unspecified atom stereocenters. The van der Waals surface area contributed by atoms with Gasteiger partial charge in [0.05, 0.1) is 0 Å². The Balaban J connectivity index is 2.05. The number of aromatic nitrogens is 1. The third kappa shape index (κ3) is 2.58. The van der Waals surface area contributed by atoms with E-state index in [1.165, 1.54) is 0 Å². The summed E-state index contributed by atoms with van der Waals surface area (Å²) in [6.45, 7) is 2.88. The number of nitrogens with two attached hydrogens (primary N) is 1. The Bertz CT molecular complexity index is 405. The van der Waals surface area contributed by atoms with Crippen LogP contribution in [0.15, 0.2) is 18.3 Å². The monoisotopic (exact) mass is 249 g/mol. The van der Waals surface area contributed by atoms with Gasteiger partial charge in [-0.15, -0.1) is 0 Å². The molecule has 0 saturated heterocycles. The van der Waals surface area contributed by atoms with E-state index in [0.717, 1.165) is 37.9 Å². The van der Waals surface area contributed by atoms with Gasteiger partial charge >= 0.3 is 0 Å². The quantitative estimate of drug-likeness (QED) is 0.888. The molecule has 1 saturated carbocycles. The molecule has 4 nitrogen and oxygen atoms in total. The van der Waals surface area contributed by atoms with Gasteiger partial charge in [0, 0.05) is 31.9 Å². The van der Waals surface area contributed by atoms with Crippen molar-refractivity contribution in [2.24, 2.45) is 5.73 Å². The van der Waals surface area contributed by atoms with Gasteiger partial charge in [0.25, 0.3) is 5.91 Å². The van der Waals surface area contributed by atoms with Gasteiger partial charge in [0.2, 0.25) is 0 Å². The molecule has 2 N–H and O–H groups in total. The van der Waals surface area contributed by atoms with Crippen LogP contribution in [0, 0.1) is 0 Å². The third-order valence-corrected chi connectivity index (χ3v) is 4.00. The molecule has 0 aliphatic heterocycles. The van der Waals surface area contributed by atoms with E-state index in [1.807, 2.05) is 34.8 Å². The molecular formula is C14H23N3O. The highest BCUT2D eigenvalue weighted by molar-refractivity contribution is 5.92. The van der Waals surface area contributed by atoms with Crippen molar-refractivity contribution < 1.29 is 4.79 Å². The molecule has 1 amide bonds. The SMILES string of the molecule is CCn1cccc1C(=O)N(C)C1CCC(N)CC1. The fraction of sp³-hybridized carbons (Fsp3) is 0.643. The van der Waals surface area contributed by atoms with Crippen molar-refractivity contribution in [1.29, 1.82) is 0 Å². The van der Waals surface area contributed by atoms with E-state index in [9.17, 15) is 4.79 Å². The molecule has 1 aliphatic carbocycles. The number of carbonyl (C=O) groups excluding carboxylic acids is 1. The minimum atomic E-state index is 0.127. The molecule has 0 radical (unpaired) electrons. The lowest BCUT2D eigenvalue weighted by atomic mass is 9.91. The van der Waals surface area contributed by atoms with Crippen LogP contribution in [0.4, 0.5) is 0 Å². The van der Waals surface area contributed by atoms with Crippen molar-refractivity contribution >= 4 is 5.91 Å². The standard InChI is InChI=1S/C14H23N3O/c1-3-17-10-4-5-13(17)14(18)16(2)12-8-6-11(15)7-9-12/h4-5,10-12H,3,6-9,15H2,1-2H3. The largest absolute Gasteiger partial charge is 0.344 e. The predicted octanol–water partition coefficient (Wildman–Crippen LogP) is 1.85. The minimum Gasteiger partial charge on any atom is -0.344 e. The Morgan fingerprint density at radius 1 is 1.44 bits per heavy atom. The van der Waals surface area contributed by atoms with E-state index in [4.69, 9.17) is 5.73 Å². The van der Waals surface area contributed by atoms with Crippen LogP contribution in [0.5, 0.6) is 0 Å². The number of amides is 1. The van der Waals surface area contributed by atoms with Gasteiger partial charge in [0.1, 0.15) is 5.69 Å². The lowest BCUT2D eigenvalue weighted by Crippen LogP contribution is -2.42. The van der Waals surface area contributed by atoms with E-state index < -0.39 is 0 Å². The maximum Gasteiger partial charge on any atom is 0.270 e. The van der Waals surface area contributed by atoms with Crippen LogP contribution in [0.1, 0.15) is 43.1 Å². The summed E-state index contributed by atoms with van der Waals surface area (Å²) in [6, 6.07) is 4.50. The average Bonchev–Trinajstić information content (AvgIpc) is 2.86. The number of rotatable bonds is 3. The second kappa shape index (κ2) is 5.57. The van der Waals surface area contributed by atoms with Crippen molar-refractivity contribution in [3.63, 3.8) is 0 Å². The number of hydrogen-bond acceptors (Lipinski definition) is 2. The maximum atomic E-state index is 12.4. The average molecular weight is 249 g/mol. The molecule has 0 atom stereocenters. The highest BCUT2D eigenvalue weighted by Gasteiger charge is 2.26. The summed E-state index contributed by atoms with van der Waals surface area (Å²) in [6.07, 6.45) is 6.05. The van der Waals surface area contributed by atoms with Gasteiger partial charge in [-0.2, -0.15) is 0 Å². The van der Waals surface area contributed by atoms with Crippen molar-refractivity contribution in [2.45, 2.75) is 51.2 Å². The third-order valence-electron chi connectivity index (χ3n) is 4.00. The second-order valence-electron chi connectivity index (χ2n) is 5.16. The molecule has 1 aromatic rings. The molecular weight excluding hydrogens is 226 g/mol. The first kappa shape index (κ1) is 13.1. The number of aryl methyl sites for hydroxylation is 1. The lowest BCUT2D eigenvalue weighted by molar-refractivity contribution is 0.0679. The topological polar surface area (TPSA) is 51.3 Å². The van der Waals surface area contributed by atoms with Crippen LogP contribution < -0.4 is 5.73 Å². The van der Waals surface area contributed by atoms with Crippen LogP contribution in [-0.4, -0.2) is 34.5 Å². The normalized spacial score (nSPS) is 23.9. The summed E-state index contributed by atoms with van der Waals surface area (Å²) in [5.74, 6) is 0.127. The predicted molar refractivity (Wildman–Crippen MR) is 72.4 cm³/mol. The smallest absolute Gasteiger partial charge is 0.270 e. The van der Waals surface area contributed by atoms with Gasteiger partial charge in [-0.1, -0.05) is 0 Å². The summed E-state index contributed by atoms with van der Waals surface area (Å²) in [7, 11) is 1.91. The molecule has 1 aliphatic rings. The van der Waals surface area contributed by atoms with Crippen LogP contribution in [0.3, 0.4) is 0 Å². The van der Waals surface area contributed by atoms with Gasteiger partial charge in [0.15, 0.2) is 0 Å². The Hall–Kier alpha value is -1.29. The van der Waals surface area contributed by atoms with E-state index in [1.54, 1.807) is 0 Å². The van der Waals surface area contributed by atoms with Crippen molar-refractivity contribution in [3.8, 4) is 0 Å². The highest BCUT2D eigenvalue weighted by Crippen LogP contribution is 2.22. The van der Waals surface area contributed by atoms with E-state index in [2.05, 4.69) is 6.92 Å². The van der Waals surface area contributed by atoms with Crippen molar-refractivity contribution in [2.75, 3.05) is 7.05 Å². The number of nitrogens with zero attached hydrogens (tertiary/aromatic N) is 2. The molecule has 0 spiro atoms. The summed E-state index contributed by atoms with van der Waals surface area (Å²) in [5, 5.41) is 0. The second-order valence-corrected chi connectivity index (χ2v) is 5.16. The maximum absolute atomic E-state index is 12.4. The number of carbonyl (C=O) groups is 1. The Labute approximate surface area is 109 Å². The Morgan fingerprint density at radius 3 is 2.72 bits per heavy atom. The zero-order valence-electron chi connectivity index (χ0n) is 11.3. The van der Waals surface area contributed by atoms with Crippen LogP contribution >= 0.6 is 0 Å². The van der Waals surface area contributed by atoms with Crippen molar-refractivity contribution in [1.82, 2.24) is 9.47 Å². The van der Waals surface area contributed by atoms with E-state index >= 15 is 0 Å². The molecule has 1 aromatic heterocycles. The Kier molecular flexibility index (Phi) is 4.07. The molecule has 18 heavy (non-hydrogen) atoms. The van der Waals surface area contributed by atoms with Crippen LogP contribution in [0.2, 0.25) is 0 Å².